The lowest BCUT2D eigenvalue weighted by Gasteiger charge is -2.13. The van der Waals surface area contributed by atoms with Gasteiger partial charge in [-0.1, -0.05) is 26.0 Å². The zero-order valence-corrected chi connectivity index (χ0v) is 12.7. The van der Waals surface area contributed by atoms with Gasteiger partial charge in [-0.15, -0.1) is 0 Å². The van der Waals surface area contributed by atoms with E-state index in [-0.39, 0.29) is 17.7 Å². The van der Waals surface area contributed by atoms with Crippen molar-refractivity contribution in [2.75, 3.05) is 10.6 Å². The lowest BCUT2D eigenvalue weighted by molar-refractivity contribution is -0.116. The molecule has 0 aliphatic heterocycles. The first-order valence-corrected chi connectivity index (χ1v) is 7.16. The number of aromatic nitrogens is 1. The van der Waals surface area contributed by atoms with Crippen molar-refractivity contribution in [1.29, 1.82) is 0 Å². The Labute approximate surface area is 129 Å². The fourth-order valence-corrected chi connectivity index (χ4v) is 1.96. The molecule has 0 fully saturated rings. The Kier molecular flexibility index (Phi) is 5.25. The first-order valence-electron chi connectivity index (χ1n) is 7.16. The van der Waals surface area contributed by atoms with Crippen molar-refractivity contribution < 1.29 is 9.59 Å². The van der Waals surface area contributed by atoms with Crippen molar-refractivity contribution in [3.63, 3.8) is 0 Å². The van der Waals surface area contributed by atoms with Crippen LogP contribution in [-0.4, -0.2) is 16.8 Å². The molecule has 22 heavy (non-hydrogen) atoms. The van der Waals surface area contributed by atoms with E-state index in [0.29, 0.717) is 23.4 Å². The maximum Gasteiger partial charge on any atom is 0.257 e. The minimum atomic E-state index is -0.265. The van der Waals surface area contributed by atoms with Crippen LogP contribution >= 0.6 is 0 Å². The number of amides is 2. The smallest absolute Gasteiger partial charge is 0.257 e. The zero-order chi connectivity index (χ0) is 15.9. The molecule has 0 aliphatic carbocycles. The lowest BCUT2D eigenvalue weighted by atomic mass is 10.1. The van der Waals surface area contributed by atoms with Gasteiger partial charge in [0.15, 0.2) is 0 Å². The molecule has 0 saturated carbocycles. The van der Waals surface area contributed by atoms with E-state index in [2.05, 4.69) is 15.6 Å². The molecule has 0 atom stereocenters. The van der Waals surface area contributed by atoms with Crippen LogP contribution in [0.15, 0.2) is 48.8 Å². The van der Waals surface area contributed by atoms with Gasteiger partial charge in [-0.2, -0.15) is 0 Å². The molecule has 0 aliphatic rings. The molecule has 1 aromatic carbocycles. The van der Waals surface area contributed by atoms with Gasteiger partial charge in [0, 0.05) is 18.8 Å². The van der Waals surface area contributed by atoms with E-state index in [4.69, 9.17) is 0 Å². The summed E-state index contributed by atoms with van der Waals surface area (Å²) in [5, 5.41) is 5.62. The summed E-state index contributed by atoms with van der Waals surface area (Å²) in [6.07, 6.45) is 3.54. The van der Waals surface area contributed by atoms with Crippen LogP contribution in [0.1, 0.15) is 30.6 Å². The number of para-hydroxylation sites is 2. The first-order chi connectivity index (χ1) is 10.6. The van der Waals surface area contributed by atoms with Crippen molar-refractivity contribution in [3.05, 3.63) is 54.4 Å². The third-order valence-corrected chi connectivity index (χ3v) is 2.97. The summed E-state index contributed by atoms with van der Waals surface area (Å²) in [7, 11) is 0. The lowest BCUT2D eigenvalue weighted by Crippen LogP contribution is -2.17. The maximum absolute atomic E-state index is 12.2. The van der Waals surface area contributed by atoms with E-state index in [0.717, 1.165) is 0 Å². The third kappa shape index (κ3) is 4.41. The van der Waals surface area contributed by atoms with Gasteiger partial charge < -0.3 is 10.6 Å². The number of nitrogens with one attached hydrogen (secondary N) is 2. The number of anilines is 2. The quantitative estimate of drug-likeness (QED) is 0.889. The summed E-state index contributed by atoms with van der Waals surface area (Å²) in [5.74, 6) is -0.0612. The van der Waals surface area contributed by atoms with E-state index in [1.165, 1.54) is 6.20 Å². The van der Waals surface area contributed by atoms with Gasteiger partial charge in [-0.25, -0.2) is 0 Å². The first kappa shape index (κ1) is 15.7. The summed E-state index contributed by atoms with van der Waals surface area (Å²) >= 11 is 0. The highest BCUT2D eigenvalue weighted by atomic mass is 16.2. The van der Waals surface area contributed by atoms with Crippen molar-refractivity contribution >= 4 is 23.2 Å². The minimum absolute atomic E-state index is 0.0712. The van der Waals surface area contributed by atoms with Gasteiger partial charge in [0.05, 0.1) is 16.9 Å². The largest absolute Gasteiger partial charge is 0.324 e. The second-order valence-electron chi connectivity index (χ2n) is 5.39. The third-order valence-electron chi connectivity index (χ3n) is 2.97. The van der Waals surface area contributed by atoms with Crippen molar-refractivity contribution in [3.8, 4) is 0 Å². The standard InChI is InChI=1S/C17H19N3O2/c1-12(2)10-16(21)19-14-7-3-4-8-15(14)20-17(22)13-6-5-9-18-11-13/h3-9,11-12H,10H2,1-2H3,(H,19,21)(H,20,22). The SMILES string of the molecule is CC(C)CC(=O)Nc1ccccc1NC(=O)c1cccnc1. The number of carbonyl (C=O) groups excluding carboxylic acids is 2. The summed E-state index contributed by atoms with van der Waals surface area (Å²) in [6, 6.07) is 10.5. The predicted octanol–water partition coefficient (Wildman–Crippen LogP) is 3.32. The molecular formula is C17H19N3O2. The molecule has 2 N–H and O–H groups in total. The van der Waals surface area contributed by atoms with Gasteiger partial charge in [0.1, 0.15) is 0 Å². The highest BCUT2D eigenvalue weighted by Crippen LogP contribution is 2.22. The summed E-state index contributed by atoms with van der Waals surface area (Å²) in [4.78, 5) is 28.0. The van der Waals surface area contributed by atoms with Gasteiger partial charge in [0.25, 0.3) is 5.91 Å². The molecule has 0 bridgehead atoms. The zero-order valence-electron chi connectivity index (χ0n) is 12.7. The van der Waals surface area contributed by atoms with Gasteiger partial charge in [-0.05, 0) is 30.2 Å². The van der Waals surface area contributed by atoms with E-state index in [1.807, 2.05) is 19.9 Å². The number of carbonyl (C=O) groups is 2. The molecule has 1 heterocycles. The minimum Gasteiger partial charge on any atom is -0.324 e. The Hall–Kier alpha value is -2.69. The Morgan fingerprint density at radius 2 is 1.73 bits per heavy atom. The molecule has 5 nitrogen and oxygen atoms in total. The van der Waals surface area contributed by atoms with E-state index in [9.17, 15) is 9.59 Å². The fourth-order valence-electron chi connectivity index (χ4n) is 1.96. The molecule has 2 rings (SSSR count). The molecule has 0 radical (unpaired) electrons. The number of hydrogen-bond donors (Lipinski definition) is 2. The molecule has 0 unspecified atom stereocenters. The van der Waals surface area contributed by atoms with Crippen LogP contribution in [-0.2, 0) is 4.79 Å². The normalized spacial score (nSPS) is 10.3. The summed E-state index contributed by atoms with van der Waals surface area (Å²) in [6.45, 7) is 3.96. The average Bonchev–Trinajstić information content (AvgIpc) is 2.49. The van der Waals surface area contributed by atoms with Crippen LogP contribution in [0.5, 0.6) is 0 Å². The van der Waals surface area contributed by atoms with Crippen molar-refractivity contribution in [1.82, 2.24) is 4.98 Å². The number of rotatable bonds is 5. The number of hydrogen-bond acceptors (Lipinski definition) is 3. The molecule has 1 aromatic heterocycles. The van der Waals surface area contributed by atoms with Crippen LogP contribution in [0, 0.1) is 5.92 Å². The Balaban J connectivity index is 2.11. The van der Waals surface area contributed by atoms with Crippen LogP contribution < -0.4 is 10.6 Å². The number of pyridine rings is 1. The number of nitrogens with zero attached hydrogens (tertiary/aromatic N) is 1. The van der Waals surface area contributed by atoms with E-state index in [1.54, 1.807) is 36.5 Å². The summed E-state index contributed by atoms with van der Waals surface area (Å²) in [5.41, 5.74) is 1.62. The van der Waals surface area contributed by atoms with E-state index < -0.39 is 0 Å². The second kappa shape index (κ2) is 7.36. The molecule has 0 spiro atoms. The highest BCUT2D eigenvalue weighted by molar-refractivity contribution is 6.07. The van der Waals surface area contributed by atoms with Crippen LogP contribution in [0.4, 0.5) is 11.4 Å². The van der Waals surface area contributed by atoms with Gasteiger partial charge in [0.2, 0.25) is 5.91 Å². The molecule has 2 aromatic rings. The Morgan fingerprint density at radius 1 is 1.05 bits per heavy atom. The molecule has 0 saturated heterocycles. The second-order valence-corrected chi connectivity index (χ2v) is 5.39. The number of benzene rings is 1. The molecule has 114 valence electrons. The van der Waals surface area contributed by atoms with E-state index >= 15 is 0 Å². The van der Waals surface area contributed by atoms with Crippen LogP contribution in [0.25, 0.3) is 0 Å². The van der Waals surface area contributed by atoms with Gasteiger partial charge in [-0.3, -0.25) is 14.6 Å². The van der Waals surface area contributed by atoms with Crippen LogP contribution in [0.3, 0.4) is 0 Å². The van der Waals surface area contributed by atoms with Crippen molar-refractivity contribution in [2.45, 2.75) is 20.3 Å². The van der Waals surface area contributed by atoms with Crippen LogP contribution in [0.2, 0.25) is 0 Å². The molecule has 2 amide bonds. The fraction of sp³-hybridized carbons (Fsp3) is 0.235. The Bertz CT molecular complexity index is 654. The summed E-state index contributed by atoms with van der Waals surface area (Å²) < 4.78 is 0. The monoisotopic (exact) mass is 297 g/mol. The topological polar surface area (TPSA) is 71.1 Å². The van der Waals surface area contributed by atoms with Gasteiger partial charge >= 0.3 is 0 Å². The molecular weight excluding hydrogens is 278 g/mol. The molecule has 5 heteroatoms. The van der Waals surface area contributed by atoms with Crippen molar-refractivity contribution in [2.24, 2.45) is 5.92 Å². The average molecular weight is 297 g/mol. The maximum atomic E-state index is 12.2. The highest BCUT2D eigenvalue weighted by Gasteiger charge is 2.11. The predicted molar refractivity (Wildman–Crippen MR) is 86.7 cm³/mol. The Morgan fingerprint density at radius 3 is 2.32 bits per heavy atom.